The van der Waals surface area contributed by atoms with Crippen LogP contribution in [-0.2, 0) is 19.6 Å². The number of benzene rings is 2. The third-order valence-corrected chi connectivity index (χ3v) is 7.11. The third kappa shape index (κ3) is 5.83. The second-order valence-electron chi connectivity index (χ2n) is 7.47. The predicted octanol–water partition coefficient (Wildman–Crippen LogP) is 3.06. The van der Waals surface area contributed by atoms with Crippen LogP contribution < -0.4 is 5.32 Å². The number of nitrogens with one attached hydrogen (secondary N) is 1. The number of aromatic hydroxyl groups is 1. The van der Waals surface area contributed by atoms with Crippen molar-refractivity contribution in [2.45, 2.75) is 37.5 Å². The molecule has 1 fully saturated rings. The number of phenols is 1. The zero-order valence-corrected chi connectivity index (χ0v) is 18.2. The van der Waals surface area contributed by atoms with Crippen LogP contribution in [0.3, 0.4) is 0 Å². The van der Waals surface area contributed by atoms with E-state index in [1.165, 1.54) is 34.6 Å². The van der Waals surface area contributed by atoms with Crippen LogP contribution in [0.25, 0.3) is 0 Å². The highest BCUT2D eigenvalue weighted by atomic mass is 32.2. The summed E-state index contributed by atoms with van der Waals surface area (Å²) < 4.78 is 32.7. The highest BCUT2D eigenvalue weighted by Crippen LogP contribution is 2.26. The van der Waals surface area contributed by atoms with Crippen molar-refractivity contribution in [1.29, 1.82) is 0 Å². The van der Waals surface area contributed by atoms with Crippen molar-refractivity contribution in [3.05, 3.63) is 53.6 Å². The van der Waals surface area contributed by atoms with Gasteiger partial charge in [-0.1, -0.05) is 25.0 Å². The molecule has 2 aromatic carbocycles. The van der Waals surface area contributed by atoms with Crippen LogP contribution in [0, 0.1) is 6.92 Å². The van der Waals surface area contributed by atoms with Crippen molar-refractivity contribution < 1.29 is 27.9 Å². The number of hydrogen-bond acceptors (Lipinski definition) is 6. The zero-order chi connectivity index (χ0) is 22.4. The van der Waals surface area contributed by atoms with E-state index in [0.717, 1.165) is 25.7 Å². The molecule has 31 heavy (non-hydrogen) atoms. The van der Waals surface area contributed by atoms with E-state index in [1.54, 1.807) is 19.1 Å². The summed E-state index contributed by atoms with van der Waals surface area (Å²) in [5.74, 6) is -1.44. The van der Waals surface area contributed by atoms with E-state index in [4.69, 9.17) is 4.74 Å². The summed E-state index contributed by atoms with van der Waals surface area (Å²) in [5.41, 5.74) is 1.02. The van der Waals surface area contributed by atoms with Gasteiger partial charge in [0.1, 0.15) is 5.75 Å². The maximum absolute atomic E-state index is 13.1. The Hall–Kier alpha value is -2.91. The number of hydrogen-bond donors (Lipinski definition) is 2. The molecule has 9 heteroatoms. The van der Waals surface area contributed by atoms with Crippen molar-refractivity contribution in [1.82, 2.24) is 4.31 Å². The molecule has 0 radical (unpaired) electrons. The fourth-order valence-corrected chi connectivity index (χ4v) is 5.19. The van der Waals surface area contributed by atoms with E-state index in [-0.39, 0.29) is 16.2 Å². The number of ether oxygens (including phenoxy) is 1. The average molecular weight is 447 g/mol. The molecule has 0 aliphatic carbocycles. The maximum atomic E-state index is 13.1. The van der Waals surface area contributed by atoms with Crippen LogP contribution >= 0.6 is 0 Å². The summed E-state index contributed by atoms with van der Waals surface area (Å²) in [6.45, 7) is 2.15. The van der Waals surface area contributed by atoms with Gasteiger partial charge >= 0.3 is 5.97 Å². The van der Waals surface area contributed by atoms with Gasteiger partial charge in [0, 0.05) is 18.8 Å². The number of aryl methyl sites for hydroxylation is 1. The lowest BCUT2D eigenvalue weighted by Gasteiger charge is -2.21. The standard InChI is InChI=1S/C22H26N2O6S/c1-16-9-10-18(14-20(16)31(28,29)24-11-4-2-3-5-12-24)23-21(26)15-30-22(27)17-7-6-8-19(25)13-17/h6-10,13-14,25H,2-5,11-12,15H2,1H3,(H,23,26). The Balaban J connectivity index is 1.67. The number of rotatable bonds is 6. The first-order valence-electron chi connectivity index (χ1n) is 10.1. The molecule has 0 atom stereocenters. The van der Waals surface area contributed by atoms with Crippen molar-refractivity contribution in [2.75, 3.05) is 25.0 Å². The van der Waals surface area contributed by atoms with Crippen molar-refractivity contribution in [3.8, 4) is 5.75 Å². The van der Waals surface area contributed by atoms with Gasteiger partial charge < -0.3 is 15.2 Å². The highest BCUT2D eigenvalue weighted by Gasteiger charge is 2.27. The predicted molar refractivity (Wildman–Crippen MR) is 115 cm³/mol. The monoisotopic (exact) mass is 446 g/mol. The molecule has 1 saturated heterocycles. The number of carbonyl (C=O) groups excluding carboxylic acids is 2. The molecule has 0 bridgehead atoms. The fraction of sp³-hybridized carbons (Fsp3) is 0.364. The molecule has 1 aliphatic rings. The van der Waals surface area contributed by atoms with E-state index in [0.29, 0.717) is 24.3 Å². The molecule has 1 amide bonds. The number of sulfonamides is 1. The summed E-state index contributed by atoms with van der Waals surface area (Å²) in [4.78, 5) is 24.4. The molecule has 0 spiro atoms. The first kappa shape index (κ1) is 22.8. The number of carbonyl (C=O) groups is 2. The topological polar surface area (TPSA) is 113 Å². The van der Waals surface area contributed by atoms with Crippen LogP contribution in [0.4, 0.5) is 5.69 Å². The molecule has 0 saturated carbocycles. The van der Waals surface area contributed by atoms with E-state index >= 15 is 0 Å². The maximum Gasteiger partial charge on any atom is 0.338 e. The summed E-state index contributed by atoms with van der Waals surface area (Å²) in [5, 5.41) is 12.0. The van der Waals surface area contributed by atoms with E-state index in [2.05, 4.69) is 5.32 Å². The lowest BCUT2D eigenvalue weighted by atomic mass is 10.2. The van der Waals surface area contributed by atoms with Crippen molar-refractivity contribution in [3.63, 3.8) is 0 Å². The third-order valence-electron chi connectivity index (χ3n) is 5.07. The molecule has 8 nitrogen and oxygen atoms in total. The van der Waals surface area contributed by atoms with Gasteiger partial charge in [-0.15, -0.1) is 0 Å². The van der Waals surface area contributed by atoms with Crippen LogP contribution in [0.2, 0.25) is 0 Å². The van der Waals surface area contributed by atoms with Gasteiger partial charge in [-0.25, -0.2) is 13.2 Å². The number of phenolic OH excluding ortho intramolecular Hbond substituents is 1. The van der Waals surface area contributed by atoms with Gasteiger partial charge in [-0.3, -0.25) is 4.79 Å². The average Bonchev–Trinajstić information content (AvgIpc) is 3.03. The first-order valence-corrected chi connectivity index (χ1v) is 11.6. The van der Waals surface area contributed by atoms with Crippen LogP contribution in [0.1, 0.15) is 41.6 Å². The minimum Gasteiger partial charge on any atom is -0.508 e. The molecule has 166 valence electrons. The summed E-state index contributed by atoms with van der Waals surface area (Å²) in [6, 6.07) is 10.3. The van der Waals surface area contributed by atoms with Gasteiger partial charge in [0.2, 0.25) is 10.0 Å². The number of nitrogens with zero attached hydrogens (tertiary/aromatic N) is 1. The van der Waals surface area contributed by atoms with E-state index < -0.39 is 28.5 Å². The number of anilines is 1. The minimum atomic E-state index is -3.67. The molecular weight excluding hydrogens is 420 g/mol. The van der Waals surface area contributed by atoms with Crippen LogP contribution in [0.5, 0.6) is 5.75 Å². The summed E-state index contributed by atoms with van der Waals surface area (Å²) in [7, 11) is -3.67. The Morgan fingerprint density at radius 1 is 1.06 bits per heavy atom. The molecule has 1 heterocycles. The molecular formula is C22H26N2O6S. The van der Waals surface area contributed by atoms with Gasteiger partial charge in [0.15, 0.2) is 6.61 Å². The van der Waals surface area contributed by atoms with Gasteiger partial charge in [0.05, 0.1) is 10.5 Å². The summed E-state index contributed by atoms with van der Waals surface area (Å²) in [6.07, 6.45) is 3.70. The molecule has 2 N–H and O–H groups in total. The van der Waals surface area contributed by atoms with Crippen molar-refractivity contribution >= 4 is 27.6 Å². The van der Waals surface area contributed by atoms with Crippen LogP contribution in [-0.4, -0.2) is 49.4 Å². The SMILES string of the molecule is Cc1ccc(NC(=O)COC(=O)c2cccc(O)c2)cc1S(=O)(=O)N1CCCCCC1. The van der Waals surface area contributed by atoms with E-state index in [9.17, 15) is 23.1 Å². The Morgan fingerprint density at radius 3 is 2.45 bits per heavy atom. The largest absolute Gasteiger partial charge is 0.508 e. The normalized spacial score (nSPS) is 15.1. The smallest absolute Gasteiger partial charge is 0.338 e. The number of esters is 1. The van der Waals surface area contributed by atoms with Gasteiger partial charge in [-0.05, 0) is 55.7 Å². The molecule has 3 rings (SSSR count). The Kier molecular flexibility index (Phi) is 7.29. The van der Waals surface area contributed by atoms with Gasteiger partial charge in [-0.2, -0.15) is 4.31 Å². The second kappa shape index (κ2) is 9.93. The molecule has 1 aliphatic heterocycles. The highest BCUT2D eigenvalue weighted by molar-refractivity contribution is 7.89. The minimum absolute atomic E-state index is 0.0864. The van der Waals surface area contributed by atoms with Crippen molar-refractivity contribution in [2.24, 2.45) is 0 Å². The molecule has 0 unspecified atom stereocenters. The fourth-order valence-electron chi connectivity index (χ4n) is 3.42. The lowest BCUT2D eigenvalue weighted by molar-refractivity contribution is -0.119. The zero-order valence-electron chi connectivity index (χ0n) is 17.3. The lowest BCUT2D eigenvalue weighted by Crippen LogP contribution is -2.32. The summed E-state index contributed by atoms with van der Waals surface area (Å²) >= 11 is 0. The Labute approximate surface area is 181 Å². The second-order valence-corrected chi connectivity index (χ2v) is 9.38. The molecule has 0 aromatic heterocycles. The molecule has 2 aromatic rings. The Bertz CT molecular complexity index is 1060. The first-order chi connectivity index (χ1) is 14.8. The quantitative estimate of drug-likeness (QED) is 0.660. The van der Waals surface area contributed by atoms with E-state index in [1.807, 2.05) is 0 Å². The van der Waals surface area contributed by atoms with Gasteiger partial charge in [0.25, 0.3) is 5.91 Å². The Morgan fingerprint density at radius 2 is 1.77 bits per heavy atom. The van der Waals surface area contributed by atoms with Crippen LogP contribution in [0.15, 0.2) is 47.4 Å². The number of amides is 1.